The maximum atomic E-state index is 12.0. The van der Waals surface area contributed by atoms with Crippen molar-refractivity contribution >= 4 is 44.1 Å². The highest BCUT2D eigenvalue weighted by atomic mass is 79.9. The number of aryl methyl sites for hydroxylation is 1. The molecule has 1 amide bonds. The van der Waals surface area contributed by atoms with Crippen molar-refractivity contribution in [2.45, 2.75) is 6.92 Å². The molecule has 0 saturated carbocycles. The number of carbonyl (C=O) groups excluding carboxylic acids is 1. The molecule has 122 valence electrons. The van der Waals surface area contributed by atoms with E-state index in [1.54, 1.807) is 5.51 Å². The van der Waals surface area contributed by atoms with Gasteiger partial charge in [0.2, 0.25) is 11.0 Å². The number of pyridine rings is 1. The minimum Gasteiger partial charge on any atom is -0.354 e. The monoisotopic (exact) mass is 396 g/mol. The van der Waals surface area contributed by atoms with Crippen molar-refractivity contribution in [2.24, 2.45) is 0 Å². The van der Waals surface area contributed by atoms with Gasteiger partial charge in [-0.15, -0.1) is 10.2 Å². The van der Waals surface area contributed by atoms with E-state index in [0.717, 1.165) is 42.0 Å². The molecular formula is C14H17BrN6OS. The lowest BCUT2D eigenvalue weighted by Gasteiger charge is -2.35. The number of piperazine rings is 1. The van der Waals surface area contributed by atoms with Gasteiger partial charge in [0, 0.05) is 36.8 Å². The minimum absolute atomic E-state index is 0.0480. The molecule has 3 rings (SSSR count). The van der Waals surface area contributed by atoms with Crippen molar-refractivity contribution in [3.8, 4) is 0 Å². The standard InChI is InChI=1S/C14H17BrN6OS/c1-10-6-11(15)7-16-13(10)21-4-2-20(3-5-21)8-12(22)18-14-19-17-9-23-14/h6-7,9H,2-5,8H2,1H3,(H,18,19,22). The Hall–Kier alpha value is -1.58. The van der Waals surface area contributed by atoms with Crippen LogP contribution in [-0.2, 0) is 4.79 Å². The Kier molecular flexibility index (Phi) is 5.19. The molecule has 9 heteroatoms. The summed E-state index contributed by atoms with van der Waals surface area (Å²) in [4.78, 5) is 20.9. The van der Waals surface area contributed by atoms with Gasteiger partial charge in [-0.25, -0.2) is 4.98 Å². The number of carbonyl (C=O) groups is 1. The molecule has 7 nitrogen and oxygen atoms in total. The molecular weight excluding hydrogens is 380 g/mol. The molecule has 3 heterocycles. The Morgan fingerprint density at radius 3 is 2.83 bits per heavy atom. The van der Waals surface area contributed by atoms with Crippen LogP contribution in [-0.4, -0.2) is 58.7 Å². The number of aromatic nitrogens is 3. The molecule has 2 aromatic rings. The first-order valence-corrected chi connectivity index (χ1v) is 8.94. The zero-order valence-electron chi connectivity index (χ0n) is 12.7. The maximum Gasteiger partial charge on any atom is 0.240 e. The quantitative estimate of drug-likeness (QED) is 0.848. The van der Waals surface area contributed by atoms with Gasteiger partial charge in [0.05, 0.1) is 6.54 Å². The van der Waals surface area contributed by atoms with Crippen LogP contribution < -0.4 is 10.2 Å². The van der Waals surface area contributed by atoms with Gasteiger partial charge < -0.3 is 4.90 Å². The van der Waals surface area contributed by atoms with E-state index in [2.05, 4.69) is 59.2 Å². The number of hydrogen-bond donors (Lipinski definition) is 1. The third-order valence-corrected chi connectivity index (χ3v) is 4.70. The first-order valence-electron chi connectivity index (χ1n) is 7.27. The fourth-order valence-electron chi connectivity index (χ4n) is 2.57. The first-order chi connectivity index (χ1) is 11.1. The topological polar surface area (TPSA) is 74.2 Å². The van der Waals surface area contributed by atoms with Gasteiger partial charge in [-0.2, -0.15) is 0 Å². The van der Waals surface area contributed by atoms with Crippen molar-refractivity contribution in [1.29, 1.82) is 0 Å². The summed E-state index contributed by atoms with van der Waals surface area (Å²) in [6.45, 7) is 5.83. The average Bonchev–Trinajstić information content (AvgIpc) is 3.01. The zero-order valence-corrected chi connectivity index (χ0v) is 15.1. The molecule has 0 radical (unpaired) electrons. The van der Waals surface area contributed by atoms with Crippen LogP contribution in [0.1, 0.15) is 5.56 Å². The van der Waals surface area contributed by atoms with Crippen LogP contribution in [0.4, 0.5) is 10.9 Å². The van der Waals surface area contributed by atoms with Crippen LogP contribution in [0.25, 0.3) is 0 Å². The highest BCUT2D eigenvalue weighted by Gasteiger charge is 2.21. The number of rotatable bonds is 4. The van der Waals surface area contributed by atoms with Gasteiger partial charge in [0.1, 0.15) is 11.3 Å². The zero-order chi connectivity index (χ0) is 16.2. The molecule has 1 aliphatic heterocycles. The van der Waals surface area contributed by atoms with E-state index < -0.39 is 0 Å². The Morgan fingerprint density at radius 2 is 2.17 bits per heavy atom. The lowest BCUT2D eigenvalue weighted by molar-refractivity contribution is -0.117. The van der Waals surface area contributed by atoms with Crippen molar-refractivity contribution in [1.82, 2.24) is 20.1 Å². The van der Waals surface area contributed by atoms with Gasteiger partial charge in [-0.3, -0.25) is 15.0 Å². The van der Waals surface area contributed by atoms with Crippen LogP contribution in [0, 0.1) is 6.92 Å². The molecule has 1 aliphatic rings. The maximum absolute atomic E-state index is 12.0. The predicted octanol–water partition coefficient (Wildman–Crippen LogP) is 1.76. The molecule has 0 aliphatic carbocycles. The molecule has 1 fully saturated rings. The lowest BCUT2D eigenvalue weighted by atomic mass is 10.2. The Morgan fingerprint density at radius 1 is 1.39 bits per heavy atom. The van der Waals surface area contributed by atoms with E-state index in [9.17, 15) is 4.79 Å². The summed E-state index contributed by atoms with van der Waals surface area (Å²) in [6, 6.07) is 2.07. The summed E-state index contributed by atoms with van der Waals surface area (Å²) in [6.07, 6.45) is 1.82. The van der Waals surface area contributed by atoms with Crippen LogP contribution in [0.2, 0.25) is 0 Å². The van der Waals surface area contributed by atoms with Gasteiger partial charge >= 0.3 is 0 Å². The second kappa shape index (κ2) is 7.33. The summed E-state index contributed by atoms with van der Waals surface area (Å²) < 4.78 is 0.991. The molecule has 0 aromatic carbocycles. The summed E-state index contributed by atoms with van der Waals surface area (Å²) in [7, 11) is 0. The first kappa shape index (κ1) is 16.3. The largest absolute Gasteiger partial charge is 0.354 e. The van der Waals surface area contributed by atoms with Crippen LogP contribution in [0.5, 0.6) is 0 Å². The molecule has 1 N–H and O–H groups in total. The fraction of sp³-hybridized carbons (Fsp3) is 0.429. The second-order valence-corrected chi connectivity index (χ2v) is 7.10. The molecule has 0 atom stereocenters. The van der Waals surface area contributed by atoms with Gasteiger partial charge in [0.15, 0.2) is 0 Å². The Balaban J connectivity index is 1.51. The minimum atomic E-state index is -0.0480. The van der Waals surface area contributed by atoms with Crippen LogP contribution in [0.3, 0.4) is 0 Å². The molecule has 1 saturated heterocycles. The SMILES string of the molecule is Cc1cc(Br)cnc1N1CCN(CC(=O)Nc2nncs2)CC1. The highest BCUT2D eigenvalue weighted by molar-refractivity contribution is 9.10. The number of hydrogen-bond acceptors (Lipinski definition) is 7. The summed E-state index contributed by atoms with van der Waals surface area (Å²) in [5, 5.41) is 10.8. The molecule has 0 spiro atoms. The highest BCUT2D eigenvalue weighted by Crippen LogP contribution is 2.21. The Bertz CT molecular complexity index is 672. The van der Waals surface area contributed by atoms with E-state index >= 15 is 0 Å². The van der Waals surface area contributed by atoms with Crippen LogP contribution >= 0.6 is 27.3 Å². The van der Waals surface area contributed by atoms with Crippen molar-refractivity contribution < 1.29 is 4.79 Å². The number of nitrogens with zero attached hydrogens (tertiary/aromatic N) is 5. The average molecular weight is 397 g/mol. The van der Waals surface area contributed by atoms with Crippen LogP contribution in [0.15, 0.2) is 22.2 Å². The van der Waals surface area contributed by atoms with Gasteiger partial charge in [0.25, 0.3) is 0 Å². The van der Waals surface area contributed by atoms with Gasteiger partial charge in [-0.05, 0) is 34.5 Å². The number of amides is 1. The normalized spacial score (nSPS) is 15.7. The van der Waals surface area contributed by atoms with Crippen molar-refractivity contribution in [2.75, 3.05) is 42.9 Å². The van der Waals surface area contributed by atoms with Crippen molar-refractivity contribution in [3.63, 3.8) is 0 Å². The van der Waals surface area contributed by atoms with E-state index in [4.69, 9.17) is 0 Å². The van der Waals surface area contributed by atoms with E-state index in [0.29, 0.717) is 11.7 Å². The fourth-order valence-corrected chi connectivity index (χ4v) is 3.48. The summed E-state index contributed by atoms with van der Waals surface area (Å²) in [5.74, 6) is 0.972. The molecule has 2 aromatic heterocycles. The predicted molar refractivity (Wildman–Crippen MR) is 93.9 cm³/mol. The van der Waals surface area contributed by atoms with E-state index in [-0.39, 0.29) is 5.91 Å². The Labute approximate surface area is 146 Å². The number of halogens is 1. The molecule has 0 bridgehead atoms. The summed E-state index contributed by atoms with van der Waals surface area (Å²) >= 11 is 4.76. The van der Waals surface area contributed by atoms with Gasteiger partial charge in [-0.1, -0.05) is 11.3 Å². The molecule has 23 heavy (non-hydrogen) atoms. The third-order valence-electron chi connectivity index (χ3n) is 3.66. The smallest absolute Gasteiger partial charge is 0.240 e. The number of anilines is 2. The lowest BCUT2D eigenvalue weighted by Crippen LogP contribution is -2.49. The number of nitrogens with one attached hydrogen (secondary N) is 1. The van der Waals surface area contributed by atoms with Crippen molar-refractivity contribution in [3.05, 3.63) is 27.8 Å². The van der Waals surface area contributed by atoms with E-state index in [1.807, 2.05) is 6.20 Å². The third kappa shape index (κ3) is 4.24. The second-order valence-electron chi connectivity index (χ2n) is 5.35. The molecule has 0 unspecified atom stereocenters. The summed E-state index contributed by atoms with van der Waals surface area (Å²) in [5.41, 5.74) is 2.75. The van der Waals surface area contributed by atoms with E-state index in [1.165, 1.54) is 11.3 Å².